The molecule has 7 heteroatoms. The minimum Gasteiger partial charge on any atom is -0.506 e. The van der Waals surface area contributed by atoms with Crippen molar-refractivity contribution in [2.75, 3.05) is 0 Å². The van der Waals surface area contributed by atoms with Crippen molar-refractivity contribution in [1.29, 1.82) is 0 Å². The van der Waals surface area contributed by atoms with Crippen LogP contribution in [0.15, 0.2) is 76.5 Å². The predicted molar refractivity (Wildman–Crippen MR) is 101 cm³/mol. The van der Waals surface area contributed by atoms with Gasteiger partial charge >= 0.3 is 0 Å². The van der Waals surface area contributed by atoms with Gasteiger partial charge in [0, 0.05) is 0 Å². The standard InChI is InChI=1S/C19H14Cl2O4S/c20-16-10-14(6-8-18(16)22)26(23,24)15-7-9-19(17(21)11-15)25-12-13-4-2-1-3-5-13/h1-11,22H,12H2. The summed E-state index contributed by atoms with van der Waals surface area (Å²) in [4.78, 5) is -0.0226. The van der Waals surface area contributed by atoms with Crippen molar-refractivity contribution in [3.05, 3.63) is 82.3 Å². The summed E-state index contributed by atoms with van der Waals surface area (Å²) in [6.07, 6.45) is 0. The molecule has 0 heterocycles. The smallest absolute Gasteiger partial charge is 0.206 e. The molecule has 0 radical (unpaired) electrons. The van der Waals surface area contributed by atoms with Gasteiger partial charge in [0.1, 0.15) is 18.1 Å². The molecular formula is C19H14Cl2O4S. The van der Waals surface area contributed by atoms with Gasteiger partial charge in [0.25, 0.3) is 0 Å². The SMILES string of the molecule is O=S(=O)(c1ccc(O)c(Cl)c1)c1ccc(OCc2ccccc2)c(Cl)c1. The number of phenols is 1. The molecule has 0 fully saturated rings. The number of hydrogen-bond acceptors (Lipinski definition) is 4. The van der Waals surface area contributed by atoms with Crippen LogP contribution in [0.5, 0.6) is 11.5 Å². The highest BCUT2D eigenvalue weighted by molar-refractivity contribution is 7.91. The molecule has 26 heavy (non-hydrogen) atoms. The second kappa shape index (κ2) is 7.58. The Hall–Kier alpha value is -2.21. The average molecular weight is 409 g/mol. The van der Waals surface area contributed by atoms with Gasteiger partial charge in [-0.15, -0.1) is 0 Å². The maximum absolute atomic E-state index is 12.7. The summed E-state index contributed by atoms with van der Waals surface area (Å²) in [6, 6.07) is 17.5. The van der Waals surface area contributed by atoms with E-state index in [0.717, 1.165) is 5.56 Å². The number of halogens is 2. The molecule has 0 atom stereocenters. The summed E-state index contributed by atoms with van der Waals surface area (Å²) in [5.41, 5.74) is 0.971. The monoisotopic (exact) mass is 408 g/mol. The molecule has 0 aliphatic heterocycles. The normalized spacial score (nSPS) is 11.3. The fourth-order valence-corrected chi connectivity index (χ4v) is 4.15. The third-order valence-corrected chi connectivity index (χ3v) is 6.03. The molecule has 0 unspecified atom stereocenters. The number of benzene rings is 3. The highest BCUT2D eigenvalue weighted by Gasteiger charge is 2.20. The van der Waals surface area contributed by atoms with Gasteiger partial charge in [-0.3, -0.25) is 0 Å². The summed E-state index contributed by atoms with van der Waals surface area (Å²) < 4.78 is 31.1. The lowest BCUT2D eigenvalue weighted by Crippen LogP contribution is -2.03. The number of hydrogen-bond donors (Lipinski definition) is 1. The molecule has 0 aliphatic rings. The maximum Gasteiger partial charge on any atom is 0.206 e. The Balaban J connectivity index is 1.85. The van der Waals surface area contributed by atoms with Crippen LogP contribution in [0.25, 0.3) is 0 Å². The van der Waals surface area contributed by atoms with Gasteiger partial charge in [-0.05, 0) is 42.0 Å². The van der Waals surface area contributed by atoms with Crippen LogP contribution in [-0.2, 0) is 16.4 Å². The zero-order valence-electron chi connectivity index (χ0n) is 13.4. The minimum atomic E-state index is -3.82. The van der Waals surface area contributed by atoms with E-state index in [1.165, 1.54) is 36.4 Å². The molecule has 0 spiro atoms. The van der Waals surface area contributed by atoms with E-state index < -0.39 is 9.84 Å². The first-order valence-electron chi connectivity index (χ1n) is 7.58. The largest absolute Gasteiger partial charge is 0.506 e. The van der Waals surface area contributed by atoms with E-state index in [-0.39, 0.29) is 25.6 Å². The van der Waals surface area contributed by atoms with Crippen LogP contribution in [0.1, 0.15) is 5.56 Å². The van der Waals surface area contributed by atoms with E-state index in [4.69, 9.17) is 27.9 Å². The molecule has 0 aromatic heterocycles. The molecule has 3 rings (SSSR count). The number of ether oxygens (including phenoxy) is 1. The van der Waals surface area contributed by atoms with Crippen LogP contribution in [0.4, 0.5) is 0 Å². The second-order valence-corrected chi connectivity index (χ2v) is 8.25. The summed E-state index contributed by atoms with van der Waals surface area (Å²) >= 11 is 12.0. The third-order valence-electron chi connectivity index (χ3n) is 3.68. The third kappa shape index (κ3) is 3.96. The van der Waals surface area contributed by atoms with Crippen molar-refractivity contribution in [2.24, 2.45) is 0 Å². The van der Waals surface area contributed by atoms with Crippen LogP contribution < -0.4 is 4.74 Å². The first-order chi connectivity index (χ1) is 12.4. The molecule has 134 valence electrons. The summed E-state index contributed by atoms with van der Waals surface area (Å²) in [5, 5.41) is 9.59. The molecule has 4 nitrogen and oxygen atoms in total. The molecule has 3 aromatic rings. The van der Waals surface area contributed by atoms with Crippen molar-refractivity contribution in [3.63, 3.8) is 0 Å². The second-order valence-electron chi connectivity index (χ2n) is 5.48. The molecular weight excluding hydrogens is 395 g/mol. The van der Waals surface area contributed by atoms with Crippen molar-refractivity contribution < 1.29 is 18.3 Å². The van der Waals surface area contributed by atoms with Crippen molar-refractivity contribution in [1.82, 2.24) is 0 Å². The van der Waals surface area contributed by atoms with E-state index in [1.54, 1.807) is 0 Å². The van der Waals surface area contributed by atoms with Crippen molar-refractivity contribution in [3.8, 4) is 11.5 Å². The maximum atomic E-state index is 12.7. The van der Waals surface area contributed by atoms with Crippen LogP contribution in [0, 0.1) is 0 Å². The average Bonchev–Trinajstić information content (AvgIpc) is 2.63. The number of phenolic OH excluding ortho intramolecular Hbond substituents is 1. The summed E-state index contributed by atoms with van der Waals surface area (Å²) in [6.45, 7) is 0.320. The number of sulfone groups is 1. The molecule has 0 saturated carbocycles. The van der Waals surface area contributed by atoms with Gasteiger partial charge in [0.2, 0.25) is 9.84 Å². The van der Waals surface area contributed by atoms with E-state index in [1.807, 2.05) is 30.3 Å². The van der Waals surface area contributed by atoms with E-state index in [0.29, 0.717) is 12.4 Å². The Kier molecular flexibility index (Phi) is 5.41. The molecule has 0 aliphatic carbocycles. The van der Waals surface area contributed by atoms with Crippen LogP contribution in [0.3, 0.4) is 0 Å². The fourth-order valence-electron chi connectivity index (χ4n) is 2.29. The predicted octanol–water partition coefficient (Wildman–Crippen LogP) is 5.11. The van der Waals surface area contributed by atoms with Gasteiger partial charge < -0.3 is 9.84 Å². The zero-order chi connectivity index (χ0) is 18.7. The lowest BCUT2D eigenvalue weighted by Gasteiger charge is -2.11. The van der Waals surface area contributed by atoms with E-state index in [2.05, 4.69) is 0 Å². The highest BCUT2D eigenvalue weighted by atomic mass is 35.5. The van der Waals surface area contributed by atoms with E-state index in [9.17, 15) is 13.5 Å². The topological polar surface area (TPSA) is 63.6 Å². The van der Waals surface area contributed by atoms with Gasteiger partial charge in [-0.2, -0.15) is 0 Å². The van der Waals surface area contributed by atoms with Crippen LogP contribution >= 0.6 is 23.2 Å². The first kappa shape index (κ1) is 18.6. The Morgan fingerprint density at radius 1 is 0.846 bits per heavy atom. The van der Waals surface area contributed by atoms with E-state index >= 15 is 0 Å². The first-order valence-corrected chi connectivity index (χ1v) is 9.82. The molecule has 1 N–H and O–H groups in total. The molecule has 3 aromatic carbocycles. The lowest BCUT2D eigenvalue weighted by atomic mass is 10.2. The molecule has 0 bridgehead atoms. The van der Waals surface area contributed by atoms with Crippen LogP contribution in [-0.4, -0.2) is 13.5 Å². The van der Waals surface area contributed by atoms with Gasteiger partial charge in [-0.1, -0.05) is 53.5 Å². The molecule has 0 amide bonds. The summed E-state index contributed by atoms with van der Waals surface area (Å²) in [7, 11) is -3.82. The number of aromatic hydroxyl groups is 1. The Morgan fingerprint density at radius 2 is 1.46 bits per heavy atom. The van der Waals surface area contributed by atoms with Gasteiger partial charge in [0.15, 0.2) is 0 Å². The fraction of sp³-hybridized carbons (Fsp3) is 0.0526. The lowest BCUT2D eigenvalue weighted by molar-refractivity contribution is 0.306. The summed E-state index contributed by atoms with van der Waals surface area (Å²) in [5.74, 6) is 0.200. The van der Waals surface area contributed by atoms with Crippen LogP contribution in [0.2, 0.25) is 10.0 Å². The van der Waals surface area contributed by atoms with Gasteiger partial charge in [-0.25, -0.2) is 8.42 Å². The Labute approximate surface area is 161 Å². The minimum absolute atomic E-state index is 0.0105. The Morgan fingerprint density at radius 3 is 2.08 bits per heavy atom. The van der Waals surface area contributed by atoms with Gasteiger partial charge in [0.05, 0.1) is 19.8 Å². The number of rotatable bonds is 5. The zero-order valence-corrected chi connectivity index (χ0v) is 15.7. The van der Waals surface area contributed by atoms with Crippen molar-refractivity contribution in [2.45, 2.75) is 16.4 Å². The highest BCUT2D eigenvalue weighted by Crippen LogP contribution is 2.33. The van der Waals surface area contributed by atoms with Crippen molar-refractivity contribution >= 4 is 33.0 Å². The Bertz CT molecular complexity index is 1030. The molecule has 0 saturated heterocycles. The quantitative estimate of drug-likeness (QED) is 0.636.